The molecule has 1 aromatic carbocycles. The van der Waals surface area contributed by atoms with Gasteiger partial charge in [0.1, 0.15) is 0 Å². The van der Waals surface area contributed by atoms with Gasteiger partial charge in [-0.3, -0.25) is 0 Å². The Balaban J connectivity index is 1.89. The second-order valence-electron chi connectivity index (χ2n) is 6.37. The summed E-state index contributed by atoms with van der Waals surface area (Å²) in [6.45, 7) is 3.53. The smallest absolute Gasteiger partial charge is 0.0348 e. The number of nitrogens with one attached hydrogen (secondary N) is 1. The van der Waals surface area contributed by atoms with E-state index >= 15 is 0 Å². The van der Waals surface area contributed by atoms with Crippen molar-refractivity contribution in [1.82, 2.24) is 10.2 Å². The van der Waals surface area contributed by atoms with Crippen LogP contribution in [0.4, 0.5) is 0 Å². The largest absolute Gasteiger partial charge is 0.317 e. The molecule has 1 aromatic heterocycles. The Morgan fingerprint density at radius 3 is 2.71 bits per heavy atom. The monoisotopic (exact) mass is 302 g/mol. The number of hydrogen-bond acceptors (Lipinski definition) is 3. The van der Waals surface area contributed by atoms with Gasteiger partial charge in [0.25, 0.3) is 0 Å². The SMILES string of the molecule is CN(C)CCCc1c(C2CCNCC2)sc2ccccc12. The van der Waals surface area contributed by atoms with Crippen molar-refractivity contribution in [3.8, 4) is 0 Å². The summed E-state index contributed by atoms with van der Waals surface area (Å²) in [7, 11) is 4.33. The summed E-state index contributed by atoms with van der Waals surface area (Å²) < 4.78 is 1.48. The van der Waals surface area contributed by atoms with Crippen LogP contribution in [-0.2, 0) is 6.42 Å². The summed E-state index contributed by atoms with van der Waals surface area (Å²) in [5.41, 5.74) is 1.64. The molecule has 0 saturated carbocycles. The van der Waals surface area contributed by atoms with Gasteiger partial charge in [0, 0.05) is 9.58 Å². The molecule has 21 heavy (non-hydrogen) atoms. The topological polar surface area (TPSA) is 15.3 Å². The molecule has 0 atom stereocenters. The molecule has 1 aliphatic heterocycles. The molecule has 0 bridgehead atoms. The van der Waals surface area contributed by atoms with Crippen LogP contribution >= 0.6 is 11.3 Å². The zero-order chi connectivity index (χ0) is 14.7. The standard InChI is InChI=1S/C18H26N2S/c1-20(2)13-5-7-16-15-6-3-4-8-17(15)21-18(16)14-9-11-19-12-10-14/h3-4,6,8,14,19H,5,7,9-13H2,1-2H3. The van der Waals surface area contributed by atoms with E-state index in [4.69, 9.17) is 0 Å². The van der Waals surface area contributed by atoms with Crippen molar-refractivity contribution < 1.29 is 0 Å². The summed E-state index contributed by atoms with van der Waals surface area (Å²) in [5.74, 6) is 0.776. The van der Waals surface area contributed by atoms with Gasteiger partial charge in [0.05, 0.1) is 0 Å². The second kappa shape index (κ2) is 6.91. The second-order valence-corrected chi connectivity index (χ2v) is 7.46. The molecule has 2 heterocycles. The van der Waals surface area contributed by atoms with E-state index in [1.54, 1.807) is 10.4 Å². The Labute approximate surface area is 132 Å². The fraction of sp³-hybridized carbons (Fsp3) is 0.556. The first-order chi connectivity index (χ1) is 10.3. The van der Waals surface area contributed by atoms with E-state index < -0.39 is 0 Å². The van der Waals surface area contributed by atoms with Gasteiger partial charge in [-0.05, 0) is 82.3 Å². The van der Waals surface area contributed by atoms with Gasteiger partial charge >= 0.3 is 0 Å². The van der Waals surface area contributed by atoms with E-state index in [-0.39, 0.29) is 0 Å². The highest BCUT2D eigenvalue weighted by Gasteiger charge is 2.22. The first kappa shape index (κ1) is 15.0. The van der Waals surface area contributed by atoms with Gasteiger partial charge in [-0.1, -0.05) is 18.2 Å². The molecule has 3 heteroatoms. The number of piperidine rings is 1. The van der Waals surface area contributed by atoms with Crippen molar-refractivity contribution >= 4 is 21.4 Å². The lowest BCUT2D eigenvalue weighted by Crippen LogP contribution is -2.26. The van der Waals surface area contributed by atoms with Crippen LogP contribution in [0.3, 0.4) is 0 Å². The zero-order valence-corrected chi connectivity index (χ0v) is 14.0. The fourth-order valence-electron chi connectivity index (χ4n) is 3.36. The van der Waals surface area contributed by atoms with Gasteiger partial charge in [-0.2, -0.15) is 0 Å². The predicted molar refractivity (Wildman–Crippen MR) is 93.5 cm³/mol. The molecule has 114 valence electrons. The number of nitrogens with zero attached hydrogens (tertiary/aromatic N) is 1. The van der Waals surface area contributed by atoms with Crippen LogP contribution in [0.1, 0.15) is 35.6 Å². The third kappa shape index (κ3) is 3.47. The first-order valence-corrected chi connectivity index (χ1v) is 8.93. The maximum Gasteiger partial charge on any atom is 0.0348 e. The molecule has 0 aliphatic carbocycles. The highest BCUT2D eigenvalue weighted by molar-refractivity contribution is 7.19. The van der Waals surface area contributed by atoms with Crippen LogP contribution in [0.5, 0.6) is 0 Å². The van der Waals surface area contributed by atoms with E-state index in [9.17, 15) is 0 Å². The van der Waals surface area contributed by atoms with Crippen LogP contribution in [0, 0.1) is 0 Å². The number of thiophene rings is 1. The van der Waals surface area contributed by atoms with Crippen LogP contribution in [0.2, 0.25) is 0 Å². The van der Waals surface area contributed by atoms with Gasteiger partial charge < -0.3 is 10.2 Å². The zero-order valence-electron chi connectivity index (χ0n) is 13.2. The van der Waals surface area contributed by atoms with E-state index in [0.29, 0.717) is 0 Å². The fourth-order valence-corrected chi connectivity index (χ4v) is 4.78. The molecule has 0 spiro atoms. The Morgan fingerprint density at radius 2 is 1.95 bits per heavy atom. The summed E-state index contributed by atoms with van der Waals surface area (Å²) >= 11 is 2.05. The molecule has 3 rings (SSSR count). The molecular formula is C18H26N2S. The number of aryl methyl sites for hydroxylation is 1. The molecule has 1 fully saturated rings. The third-order valence-electron chi connectivity index (χ3n) is 4.47. The van der Waals surface area contributed by atoms with Crippen molar-refractivity contribution in [3.05, 3.63) is 34.7 Å². The molecule has 1 aliphatic rings. The third-order valence-corrected chi connectivity index (χ3v) is 5.85. The minimum atomic E-state index is 0.776. The molecule has 1 saturated heterocycles. The van der Waals surface area contributed by atoms with Crippen LogP contribution in [0.15, 0.2) is 24.3 Å². The summed E-state index contributed by atoms with van der Waals surface area (Å²) in [5, 5.41) is 5.00. The highest BCUT2D eigenvalue weighted by Crippen LogP contribution is 2.40. The van der Waals surface area contributed by atoms with Crippen LogP contribution < -0.4 is 5.32 Å². The molecule has 2 nitrogen and oxygen atoms in total. The quantitative estimate of drug-likeness (QED) is 0.902. The average Bonchev–Trinajstić information content (AvgIpc) is 2.87. The lowest BCUT2D eigenvalue weighted by Gasteiger charge is -2.23. The Morgan fingerprint density at radius 1 is 1.19 bits per heavy atom. The van der Waals surface area contributed by atoms with Gasteiger partial charge in [0.15, 0.2) is 0 Å². The Bertz CT molecular complexity index is 582. The summed E-state index contributed by atoms with van der Waals surface area (Å²) in [4.78, 5) is 3.97. The van der Waals surface area contributed by atoms with E-state index in [1.807, 2.05) is 11.3 Å². The molecule has 0 amide bonds. The minimum Gasteiger partial charge on any atom is -0.317 e. The van der Waals surface area contributed by atoms with Crippen molar-refractivity contribution in [3.63, 3.8) is 0 Å². The van der Waals surface area contributed by atoms with Gasteiger partial charge in [-0.25, -0.2) is 0 Å². The molecule has 0 radical (unpaired) electrons. The van der Waals surface area contributed by atoms with Crippen molar-refractivity contribution in [2.45, 2.75) is 31.6 Å². The van der Waals surface area contributed by atoms with Crippen molar-refractivity contribution in [2.24, 2.45) is 0 Å². The van der Waals surface area contributed by atoms with Crippen LogP contribution in [-0.4, -0.2) is 38.6 Å². The number of rotatable bonds is 5. The van der Waals surface area contributed by atoms with E-state index in [2.05, 4.69) is 48.6 Å². The number of hydrogen-bond donors (Lipinski definition) is 1. The minimum absolute atomic E-state index is 0.776. The number of benzene rings is 1. The normalized spacial score (nSPS) is 16.9. The van der Waals surface area contributed by atoms with Gasteiger partial charge in [0.2, 0.25) is 0 Å². The number of fused-ring (bicyclic) bond motifs is 1. The Kier molecular flexibility index (Phi) is 4.94. The molecule has 1 N–H and O–H groups in total. The molecular weight excluding hydrogens is 276 g/mol. The summed E-state index contributed by atoms with van der Waals surface area (Å²) in [6.07, 6.45) is 5.08. The van der Waals surface area contributed by atoms with Gasteiger partial charge in [-0.15, -0.1) is 11.3 Å². The lowest BCUT2D eigenvalue weighted by atomic mass is 9.91. The van der Waals surface area contributed by atoms with E-state index in [1.165, 1.54) is 55.4 Å². The maximum absolute atomic E-state index is 3.49. The Hall–Kier alpha value is -0.900. The predicted octanol–water partition coefficient (Wildman–Crippen LogP) is 3.86. The molecule has 2 aromatic rings. The molecule has 0 unspecified atom stereocenters. The van der Waals surface area contributed by atoms with Crippen molar-refractivity contribution in [1.29, 1.82) is 0 Å². The maximum atomic E-state index is 3.49. The highest BCUT2D eigenvalue weighted by atomic mass is 32.1. The van der Waals surface area contributed by atoms with Crippen molar-refractivity contribution in [2.75, 3.05) is 33.7 Å². The first-order valence-electron chi connectivity index (χ1n) is 8.11. The average molecular weight is 302 g/mol. The lowest BCUT2D eigenvalue weighted by molar-refractivity contribution is 0.399. The van der Waals surface area contributed by atoms with E-state index in [0.717, 1.165) is 5.92 Å². The summed E-state index contributed by atoms with van der Waals surface area (Å²) in [6, 6.07) is 8.98. The van der Waals surface area contributed by atoms with Crippen LogP contribution in [0.25, 0.3) is 10.1 Å².